The molecule has 0 spiro atoms. The summed E-state index contributed by atoms with van der Waals surface area (Å²) in [4.78, 5) is 11.4. The zero-order valence-corrected chi connectivity index (χ0v) is 5.08. The number of hydrogen-bond donors (Lipinski definition) is 0. The second-order valence-electron chi connectivity index (χ2n) is 2.02. The molecule has 0 radical (unpaired) electrons. The van der Waals surface area contributed by atoms with Crippen molar-refractivity contribution >= 4 is 0 Å². The summed E-state index contributed by atoms with van der Waals surface area (Å²) in [5, 5.41) is 4.07. The molecule has 4 heteroatoms. The first kappa shape index (κ1) is 3.51. The van der Waals surface area contributed by atoms with Gasteiger partial charge in [0.2, 0.25) is 0 Å². The molecule has 0 saturated carbocycles. The summed E-state index contributed by atoms with van der Waals surface area (Å²) in [5.74, 6) is 0. The molecule has 0 aromatic carbocycles. The van der Waals surface area contributed by atoms with Gasteiger partial charge in [0.15, 0.2) is 0 Å². The molecule has 0 N–H and O–H groups in total. The SMILES string of the molecule is [2H]C([2H])([2H])N1CCN(N=O)CC1. The van der Waals surface area contributed by atoms with Crippen molar-refractivity contribution in [3.05, 3.63) is 4.91 Å². The summed E-state index contributed by atoms with van der Waals surface area (Å²) in [6.45, 7) is -0.469. The number of likely N-dealkylation sites (N-methyl/N-ethyl adjacent to an activating group) is 1. The van der Waals surface area contributed by atoms with Gasteiger partial charge in [0.1, 0.15) is 0 Å². The molecule has 1 fully saturated rings. The largest absolute Gasteiger partial charge is 0.303 e. The molecule has 1 aliphatic rings. The van der Waals surface area contributed by atoms with Crippen LogP contribution in [0.15, 0.2) is 5.29 Å². The van der Waals surface area contributed by atoms with E-state index in [0.29, 0.717) is 26.2 Å². The van der Waals surface area contributed by atoms with E-state index in [1.807, 2.05) is 0 Å². The summed E-state index contributed by atoms with van der Waals surface area (Å²) in [7, 11) is 0. The van der Waals surface area contributed by atoms with Gasteiger partial charge in [0, 0.05) is 17.2 Å². The Morgan fingerprint density at radius 1 is 1.44 bits per heavy atom. The van der Waals surface area contributed by atoms with Crippen molar-refractivity contribution in [3.63, 3.8) is 0 Å². The first-order valence-corrected chi connectivity index (χ1v) is 2.87. The highest BCUT2D eigenvalue weighted by Crippen LogP contribution is 1.97. The van der Waals surface area contributed by atoms with Crippen LogP contribution in [0.25, 0.3) is 0 Å². The van der Waals surface area contributed by atoms with E-state index in [1.54, 1.807) is 0 Å². The summed E-state index contributed by atoms with van der Waals surface area (Å²) < 4.78 is 21.2. The van der Waals surface area contributed by atoms with Crippen LogP contribution < -0.4 is 0 Å². The molecule has 1 heterocycles. The highest BCUT2D eigenvalue weighted by Gasteiger charge is 2.11. The lowest BCUT2D eigenvalue weighted by Gasteiger charge is -2.27. The Balaban J connectivity index is 2.41. The van der Waals surface area contributed by atoms with Crippen LogP contribution in [0.1, 0.15) is 4.11 Å². The average molecular weight is 132 g/mol. The zero-order chi connectivity index (χ0) is 9.19. The van der Waals surface area contributed by atoms with E-state index in [-0.39, 0.29) is 0 Å². The lowest BCUT2D eigenvalue weighted by atomic mass is 10.4. The molecular weight excluding hydrogens is 118 g/mol. The van der Waals surface area contributed by atoms with E-state index in [4.69, 9.17) is 4.11 Å². The number of nitrogens with zero attached hydrogens (tertiary/aromatic N) is 3. The molecular formula is C5H11N3O. The summed E-state index contributed by atoms with van der Waals surface area (Å²) in [6.07, 6.45) is 0. The van der Waals surface area contributed by atoms with Crippen LogP contribution in [0.2, 0.25) is 0 Å². The normalized spacial score (nSPS) is 28.4. The molecule has 0 aromatic rings. The smallest absolute Gasteiger partial charge is 0.0524 e. The predicted octanol–water partition coefficient (Wildman–Crippen LogP) is -0.0848. The first-order chi connectivity index (χ1) is 5.54. The maximum atomic E-state index is 10.0. The number of piperazine rings is 1. The monoisotopic (exact) mass is 132 g/mol. The Labute approximate surface area is 58.6 Å². The number of hydrogen-bond acceptors (Lipinski definition) is 3. The third-order valence-corrected chi connectivity index (χ3v) is 1.37. The summed E-state index contributed by atoms with van der Waals surface area (Å²) >= 11 is 0. The molecule has 0 amide bonds. The van der Waals surface area contributed by atoms with Crippen molar-refractivity contribution in [3.8, 4) is 0 Å². The molecule has 4 nitrogen and oxygen atoms in total. The fourth-order valence-corrected chi connectivity index (χ4v) is 0.778. The quantitative estimate of drug-likeness (QED) is 0.468. The molecule has 1 saturated heterocycles. The van der Waals surface area contributed by atoms with Gasteiger partial charge in [0.05, 0.1) is 18.4 Å². The lowest BCUT2D eigenvalue weighted by Crippen LogP contribution is -2.41. The minimum Gasteiger partial charge on any atom is -0.303 e. The summed E-state index contributed by atoms with van der Waals surface area (Å²) in [5.41, 5.74) is 0. The Bertz CT molecular complexity index is 164. The third-order valence-electron chi connectivity index (χ3n) is 1.37. The maximum Gasteiger partial charge on any atom is 0.0524 e. The van der Waals surface area contributed by atoms with Crippen LogP contribution in [0.5, 0.6) is 0 Å². The standard InChI is InChI=1S/C5H11N3O/c1-7-2-4-8(6-9)5-3-7/h2-5H2,1H3/i1D3. The van der Waals surface area contributed by atoms with Crippen LogP contribution in [0.3, 0.4) is 0 Å². The summed E-state index contributed by atoms with van der Waals surface area (Å²) in [6, 6.07) is 0. The maximum absolute atomic E-state index is 10.0. The van der Waals surface area contributed by atoms with Gasteiger partial charge in [-0.2, -0.15) is 0 Å². The Kier molecular flexibility index (Phi) is 1.08. The zero-order valence-electron chi connectivity index (χ0n) is 8.08. The fourth-order valence-electron chi connectivity index (χ4n) is 0.778. The van der Waals surface area contributed by atoms with Crippen LogP contribution in [-0.2, 0) is 0 Å². The highest BCUT2D eigenvalue weighted by atomic mass is 16.3. The Hall–Kier alpha value is -0.640. The molecule has 0 unspecified atom stereocenters. The van der Waals surface area contributed by atoms with Crippen LogP contribution in [0.4, 0.5) is 0 Å². The van der Waals surface area contributed by atoms with Crippen molar-refractivity contribution < 1.29 is 4.11 Å². The molecule has 1 rings (SSSR count). The van der Waals surface area contributed by atoms with Gasteiger partial charge in [-0.05, 0) is 6.98 Å². The van der Waals surface area contributed by atoms with Gasteiger partial charge in [0.25, 0.3) is 0 Å². The molecule has 0 aromatic heterocycles. The van der Waals surface area contributed by atoms with Crippen molar-refractivity contribution in [1.29, 1.82) is 0 Å². The number of nitroso groups, excluding NO2 is 1. The molecule has 0 aliphatic carbocycles. The molecule has 0 bridgehead atoms. The Morgan fingerprint density at radius 2 is 2.11 bits per heavy atom. The van der Waals surface area contributed by atoms with Crippen LogP contribution in [0, 0.1) is 4.91 Å². The predicted molar refractivity (Wildman–Crippen MR) is 34.9 cm³/mol. The van der Waals surface area contributed by atoms with E-state index < -0.39 is 6.98 Å². The Morgan fingerprint density at radius 3 is 2.56 bits per heavy atom. The molecule has 9 heavy (non-hydrogen) atoms. The average Bonchev–Trinajstić information content (AvgIpc) is 2.03. The third kappa shape index (κ3) is 1.64. The molecule has 0 atom stereocenters. The topological polar surface area (TPSA) is 35.9 Å². The second kappa shape index (κ2) is 2.77. The van der Waals surface area contributed by atoms with Crippen molar-refractivity contribution in [1.82, 2.24) is 9.91 Å². The van der Waals surface area contributed by atoms with Gasteiger partial charge in [-0.3, -0.25) is 5.01 Å². The van der Waals surface area contributed by atoms with E-state index in [2.05, 4.69) is 5.29 Å². The van der Waals surface area contributed by atoms with Gasteiger partial charge < -0.3 is 4.90 Å². The van der Waals surface area contributed by atoms with Crippen molar-refractivity contribution in [2.24, 2.45) is 5.29 Å². The highest BCUT2D eigenvalue weighted by molar-refractivity contribution is 4.64. The van der Waals surface area contributed by atoms with Crippen LogP contribution >= 0.6 is 0 Å². The molecule has 52 valence electrons. The van der Waals surface area contributed by atoms with E-state index in [0.717, 1.165) is 0 Å². The van der Waals surface area contributed by atoms with Gasteiger partial charge in [-0.25, -0.2) is 0 Å². The lowest BCUT2D eigenvalue weighted by molar-refractivity contribution is 0.157. The van der Waals surface area contributed by atoms with Crippen molar-refractivity contribution in [2.75, 3.05) is 33.2 Å². The minimum atomic E-state index is -2.03. The number of rotatable bonds is 1. The van der Waals surface area contributed by atoms with Crippen LogP contribution in [-0.4, -0.2) is 43.1 Å². The fraction of sp³-hybridized carbons (Fsp3) is 1.00. The van der Waals surface area contributed by atoms with Gasteiger partial charge in [-0.1, -0.05) is 0 Å². The van der Waals surface area contributed by atoms with E-state index in [1.165, 1.54) is 9.91 Å². The van der Waals surface area contributed by atoms with Gasteiger partial charge >= 0.3 is 0 Å². The minimum absolute atomic E-state index is 0.377. The molecule has 1 aliphatic heterocycles. The first-order valence-electron chi connectivity index (χ1n) is 4.37. The van der Waals surface area contributed by atoms with Gasteiger partial charge in [-0.15, -0.1) is 4.91 Å². The second-order valence-corrected chi connectivity index (χ2v) is 2.02. The van der Waals surface area contributed by atoms with E-state index >= 15 is 0 Å². The van der Waals surface area contributed by atoms with Crippen molar-refractivity contribution in [2.45, 2.75) is 0 Å². The van der Waals surface area contributed by atoms with E-state index in [9.17, 15) is 4.91 Å².